The number of aryl methyl sites for hydroxylation is 2. The van der Waals surface area contributed by atoms with Crippen molar-refractivity contribution in [2.24, 2.45) is 0 Å². The van der Waals surface area contributed by atoms with E-state index in [1.165, 1.54) is 21.1 Å². The number of hydrogen-bond acceptors (Lipinski definition) is 6. The number of aromatic amines is 1. The number of nitrogens with one attached hydrogen (secondary N) is 2. The fourth-order valence-electron chi connectivity index (χ4n) is 2.88. The van der Waals surface area contributed by atoms with Crippen LogP contribution in [0.1, 0.15) is 28.7 Å². The summed E-state index contributed by atoms with van der Waals surface area (Å²) in [7, 11) is 3.02. The molecule has 8 nitrogen and oxygen atoms in total. The normalized spacial score (nSPS) is 11.5. The van der Waals surface area contributed by atoms with Gasteiger partial charge < -0.3 is 24.5 Å². The van der Waals surface area contributed by atoms with Crippen molar-refractivity contribution in [3.8, 4) is 22.9 Å². The number of benzene rings is 2. The van der Waals surface area contributed by atoms with Crippen LogP contribution >= 0.6 is 0 Å². The maximum Gasteiger partial charge on any atom is 0.338 e. The first-order valence-electron chi connectivity index (χ1n) is 9.70. The highest BCUT2D eigenvalue weighted by Crippen LogP contribution is 2.29. The van der Waals surface area contributed by atoms with E-state index < -0.39 is 18.0 Å². The summed E-state index contributed by atoms with van der Waals surface area (Å²) in [5.41, 5.74) is 3.52. The lowest BCUT2D eigenvalue weighted by atomic mass is 10.1. The highest BCUT2D eigenvalue weighted by molar-refractivity contribution is 5.98. The number of amides is 1. The average Bonchev–Trinajstić information content (AvgIpc) is 3.11. The molecule has 1 aromatic heterocycles. The topological polar surface area (TPSA) is 103 Å². The number of carbonyl (C=O) groups is 2. The zero-order chi connectivity index (χ0) is 22.5. The van der Waals surface area contributed by atoms with Crippen molar-refractivity contribution in [2.75, 3.05) is 19.5 Å². The molecule has 0 saturated carbocycles. The number of aromatic nitrogens is 2. The van der Waals surface area contributed by atoms with E-state index in [0.717, 1.165) is 22.8 Å². The highest BCUT2D eigenvalue weighted by atomic mass is 16.5. The molecule has 0 saturated heterocycles. The lowest BCUT2D eigenvalue weighted by Gasteiger charge is -2.16. The Balaban J connectivity index is 1.65. The van der Waals surface area contributed by atoms with Crippen LogP contribution in [0, 0.1) is 13.8 Å². The summed E-state index contributed by atoms with van der Waals surface area (Å²) >= 11 is 0. The van der Waals surface area contributed by atoms with Crippen molar-refractivity contribution < 1.29 is 23.8 Å². The summed E-state index contributed by atoms with van der Waals surface area (Å²) in [6.45, 7) is 5.38. The van der Waals surface area contributed by atoms with E-state index in [1.54, 1.807) is 42.5 Å². The fourth-order valence-corrected chi connectivity index (χ4v) is 2.88. The van der Waals surface area contributed by atoms with E-state index >= 15 is 0 Å². The molecule has 31 heavy (non-hydrogen) atoms. The fraction of sp³-hybridized carbons (Fsp3) is 0.261. The number of rotatable bonds is 7. The largest absolute Gasteiger partial charge is 0.497 e. The van der Waals surface area contributed by atoms with Gasteiger partial charge in [0.05, 0.1) is 31.2 Å². The van der Waals surface area contributed by atoms with Crippen LogP contribution in [0.5, 0.6) is 11.5 Å². The van der Waals surface area contributed by atoms with Gasteiger partial charge in [-0.3, -0.25) is 4.79 Å². The number of esters is 1. The minimum Gasteiger partial charge on any atom is -0.497 e. The van der Waals surface area contributed by atoms with Crippen molar-refractivity contribution in [1.29, 1.82) is 0 Å². The summed E-state index contributed by atoms with van der Waals surface area (Å²) in [5.74, 6) is 0.668. The van der Waals surface area contributed by atoms with Crippen LogP contribution < -0.4 is 14.8 Å². The van der Waals surface area contributed by atoms with E-state index in [-0.39, 0.29) is 0 Å². The van der Waals surface area contributed by atoms with Gasteiger partial charge in [-0.05, 0) is 45.0 Å². The molecule has 1 heterocycles. The molecular formula is C23H25N3O5. The Hall–Kier alpha value is -3.81. The second-order valence-corrected chi connectivity index (χ2v) is 6.98. The summed E-state index contributed by atoms with van der Waals surface area (Å²) in [6, 6.07) is 11.9. The van der Waals surface area contributed by atoms with Crippen LogP contribution in [-0.4, -0.2) is 42.2 Å². The Labute approximate surface area is 180 Å². The number of anilines is 1. The molecule has 0 aliphatic heterocycles. The van der Waals surface area contributed by atoms with Crippen LogP contribution in [0.4, 0.5) is 5.69 Å². The van der Waals surface area contributed by atoms with Crippen molar-refractivity contribution in [1.82, 2.24) is 9.97 Å². The first-order chi connectivity index (χ1) is 14.8. The second-order valence-electron chi connectivity index (χ2n) is 6.98. The molecule has 3 aromatic rings. The number of imidazole rings is 1. The molecular weight excluding hydrogens is 398 g/mol. The molecule has 0 bridgehead atoms. The number of hydrogen-bond donors (Lipinski definition) is 2. The molecule has 1 amide bonds. The SMILES string of the molecule is COc1ccc(OC)c(NC(=O)C(C)OC(=O)c2ccc(-c3nc(C)c(C)[nH]3)cc2)c1. The van der Waals surface area contributed by atoms with Crippen LogP contribution in [0.3, 0.4) is 0 Å². The summed E-state index contributed by atoms with van der Waals surface area (Å²) in [5, 5.41) is 2.70. The van der Waals surface area contributed by atoms with Gasteiger partial charge in [-0.15, -0.1) is 0 Å². The Bertz CT molecular complexity index is 1070. The van der Waals surface area contributed by atoms with Crippen molar-refractivity contribution >= 4 is 17.6 Å². The molecule has 0 radical (unpaired) electrons. The summed E-state index contributed by atoms with van der Waals surface area (Å²) < 4.78 is 15.7. The van der Waals surface area contributed by atoms with Crippen molar-refractivity contribution in [3.05, 3.63) is 59.4 Å². The molecule has 0 aliphatic carbocycles. The molecule has 2 N–H and O–H groups in total. The molecule has 1 atom stereocenters. The van der Waals surface area contributed by atoms with E-state index in [2.05, 4.69) is 15.3 Å². The molecule has 3 rings (SSSR count). The van der Waals surface area contributed by atoms with Gasteiger partial charge in [-0.1, -0.05) is 12.1 Å². The molecule has 0 spiro atoms. The van der Waals surface area contributed by atoms with Gasteiger partial charge >= 0.3 is 5.97 Å². The highest BCUT2D eigenvalue weighted by Gasteiger charge is 2.21. The second kappa shape index (κ2) is 9.34. The van der Waals surface area contributed by atoms with Gasteiger partial charge in [-0.2, -0.15) is 0 Å². The Morgan fingerprint density at radius 2 is 1.74 bits per heavy atom. The van der Waals surface area contributed by atoms with E-state index in [9.17, 15) is 9.59 Å². The maximum atomic E-state index is 12.5. The molecule has 2 aromatic carbocycles. The zero-order valence-electron chi connectivity index (χ0n) is 18.1. The Morgan fingerprint density at radius 1 is 1.03 bits per heavy atom. The van der Waals surface area contributed by atoms with Crippen LogP contribution in [-0.2, 0) is 9.53 Å². The van der Waals surface area contributed by atoms with Gasteiger partial charge in [0.15, 0.2) is 6.10 Å². The minimum atomic E-state index is -1.02. The summed E-state index contributed by atoms with van der Waals surface area (Å²) in [6.07, 6.45) is -1.02. The average molecular weight is 423 g/mol. The first kappa shape index (κ1) is 21.9. The molecule has 1 unspecified atom stereocenters. The Kier molecular flexibility index (Phi) is 6.59. The molecule has 0 fully saturated rings. The van der Waals surface area contributed by atoms with Gasteiger partial charge in [0.1, 0.15) is 17.3 Å². The van der Waals surface area contributed by atoms with Crippen LogP contribution in [0.2, 0.25) is 0 Å². The number of nitrogens with zero attached hydrogens (tertiary/aromatic N) is 1. The van der Waals surface area contributed by atoms with Gasteiger partial charge in [0.2, 0.25) is 0 Å². The molecule has 0 aliphatic rings. The van der Waals surface area contributed by atoms with Crippen LogP contribution in [0.15, 0.2) is 42.5 Å². The lowest BCUT2D eigenvalue weighted by molar-refractivity contribution is -0.123. The zero-order valence-corrected chi connectivity index (χ0v) is 18.1. The van der Waals surface area contributed by atoms with Crippen molar-refractivity contribution in [3.63, 3.8) is 0 Å². The minimum absolute atomic E-state index is 0.336. The quantitative estimate of drug-likeness (QED) is 0.559. The van der Waals surface area contributed by atoms with Gasteiger partial charge in [0.25, 0.3) is 5.91 Å². The maximum absolute atomic E-state index is 12.5. The number of ether oxygens (including phenoxy) is 3. The van der Waals surface area contributed by atoms with Crippen molar-refractivity contribution in [2.45, 2.75) is 26.9 Å². The molecule has 162 valence electrons. The predicted molar refractivity (Wildman–Crippen MR) is 117 cm³/mol. The monoisotopic (exact) mass is 423 g/mol. The number of methoxy groups -OCH3 is 2. The van der Waals surface area contributed by atoms with Crippen LogP contribution in [0.25, 0.3) is 11.4 Å². The van der Waals surface area contributed by atoms with E-state index in [0.29, 0.717) is 22.7 Å². The third-order valence-corrected chi connectivity index (χ3v) is 4.84. The summed E-state index contributed by atoms with van der Waals surface area (Å²) in [4.78, 5) is 32.6. The number of H-pyrrole nitrogens is 1. The Morgan fingerprint density at radius 3 is 2.32 bits per heavy atom. The van der Waals surface area contributed by atoms with Gasteiger partial charge in [0, 0.05) is 17.3 Å². The smallest absolute Gasteiger partial charge is 0.338 e. The number of carbonyl (C=O) groups excluding carboxylic acids is 2. The standard InChI is InChI=1S/C23H25N3O5/c1-13-14(2)25-21(24-13)16-6-8-17(9-7-16)23(28)31-15(3)22(27)26-19-12-18(29-4)10-11-20(19)30-5/h6-12,15H,1-5H3,(H,24,25)(H,26,27). The third-order valence-electron chi connectivity index (χ3n) is 4.84. The van der Waals surface area contributed by atoms with E-state index in [4.69, 9.17) is 14.2 Å². The lowest BCUT2D eigenvalue weighted by Crippen LogP contribution is -2.30. The third kappa shape index (κ3) is 5.03. The van der Waals surface area contributed by atoms with Gasteiger partial charge in [-0.25, -0.2) is 9.78 Å². The van der Waals surface area contributed by atoms with E-state index in [1.807, 2.05) is 13.8 Å². The predicted octanol–water partition coefficient (Wildman–Crippen LogP) is 3.89. The first-order valence-corrected chi connectivity index (χ1v) is 9.70. The molecule has 8 heteroatoms.